The van der Waals surface area contributed by atoms with E-state index in [0.717, 1.165) is 22.9 Å². The Morgan fingerprint density at radius 1 is 1.12 bits per heavy atom. The highest BCUT2D eigenvalue weighted by atomic mass is 35.5. The lowest BCUT2D eigenvalue weighted by Gasteiger charge is -2.18. The van der Waals surface area contributed by atoms with Gasteiger partial charge in [0.25, 0.3) is 5.91 Å². The maximum Gasteiger partial charge on any atom is 0.253 e. The third kappa shape index (κ3) is 5.21. The Morgan fingerprint density at radius 3 is 2.40 bits per heavy atom. The molecule has 0 aromatic heterocycles. The van der Waals surface area contributed by atoms with E-state index >= 15 is 0 Å². The molecule has 7 heteroatoms. The molecule has 134 valence electrons. The Morgan fingerprint density at radius 2 is 1.80 bits per heavy atom. The molecular weight excluding hydrogens is 360 g/mol. The molecule has 2 aromatic rings. The van der Waals surface area contributed by atoms with Crippen LogP contribution in [0, 0.1) is 13.8 Å². The van der Waals surface area contributed by atoms with Crippen LogP contribution in [-0.2, 0) is 10.0 Å². The molecule has 2 rings (SSSR count). The van der Waals surface area contributed by atoms with Gasteiger partial charge in [0, 0.05) is 5.69 Å². The van der Waals surface area contributed by atoms with Crippen LogP contribution in [0.2, 0.25) is 5.02 Å². The zero-order chi connectivity index (χ0) is 18.8. The smallest absolute Gasteiger partial charge is 0.253 e. The van der Waals surface area contributed by atoms with Gasteiger partial charge in [0.1, 0.15) is 0 Å². The number of amides is 1. The fourth-order valence-electron chi connectivity index (χ4n) is 2.64. The first-order valence-electron chi connectivity index (χ1n) is 7.72. The van der Waals surface area contributed by atoms with Crippen LogP contribution in [0.5, 0.6) is 0 Å². The molecule has 25 heavy (non-hydrogen) atoms. The largest absolute Gasteiger partial charge is 0.345 e. The summed E-state index contributed by atoms with van der Waals surface area (Å²) in [5.74, 6) is -0.366. The molecule has 0 aliphatic carbocycles. The van der Waals surface area contributed by atoms with Crippen LogP contribution in [0.1, 0.15) is 40.0 Å². The van der Waals surface area contributed by atoms with Crippen LogP contribution >= 0.6 is 11.6 Å². The van der Waals surface area contributed by atoms with E-state index in [2.05, 4.69) is 16.1 Å². The van der Waals surface area contributed by atoms with Gasteiger partial charge in [0.05, 0.1) is 22.9 Å². The molecule has 1 atom stereocenters. The van der Waals surface area contributed by atoms with Gasteiger partial charge in [-0.3, -0.25) is 9.52 Å². The molecule has 5 nitrogen and oxygen atoms in total. The minimum absolute atomic E-state index is 0.212. The molecule has 0 heterocycles. The minimum atomic E-state index is -3.43. The number of hydrogen-bond donors (Lipinski definition) is 2. The number of sulfonamides is 1. The zero-order valence-electron chi connectivity index (χ0n) is 14.6. The molecule has 0 radical (unpaired) electrons. The summed E-state index contributed by atoms with van der Waals surface area (Å²) in [5.41, 5.74) is 3.76. The van der Waals surface area contributed by atoms with Crippen molar-refractivity contribution in [2.75, 3.05) is 11.0 Å². The monoisotopic (exact) mass is 380 g/mol. The Balaban J connectivity index is 2.24. The van der Waals surface area contributed by atoms with Crippen LogP contribution in [0.15, 0.2) is 36.4 Å². The lowest BCUT2D eigenvalue weighted by molar-refractivity contribution is 0.0940. The number of carbonyl (C=O) groups excluding carboxylic acids is 1. The van der Waals surface area contributed by atoms with Crippen LogP contribution in [0.4, 0.5) is 5.69 Å². The third-order valence-corrected chi connectivity index (χ3v) is 4.69. The van der Waals surface area contributed by atoms with Gasteiger partial charge in [-0.15, -0.1) is 0 Å². The summed E-state index contributed by atoms with van der Waals surface area (Å²) in [6.07, 6.45) is 1.05. The van der Waals surface area contributed by atoms with E-state index in [1.54, 1.807) is 0 Å². The molecular formula is C18H21ClN2O3S. The predicted molar refractivity (Wildman–Crippen MR) is 102 cm³/mol. The number of carbonyl (C=O) groups is 1. The van der Waals surface area contributed by atoms with Crippen LogP contribution in [-0.4, -0.2) is 20.6 Å². The molecule has 0 saturated heterocycles. The number of halogens is 1. The van der Waals surface area contributed by atoms with Gasteiger partial charge in [0.2, 0.25) is 10.0 Å². The SMILES string of the molecule is Cc1ccc(C(C)NC(=O)c2cc(NS(C)(=O)=O)ccc2Cl)c(C)c1. The Bertz CT molecular complexity index is 911. The van der Waals surface area contributed by atoms with Gasteiger partial charge in [-0.2, -0.15) is 0 Å². The first kappa shape index (κ1) is 19.3. The highest BCUT2D eigenvalue weighted by Crippen LogP contribution is 2.23. The first-order valence-corrected chi connectivity index (χ1v) is 9.99. The highest BCUT2D eigenvalue weighted by Gasteiger charge is 2.17. The van der Waals surface area contributed by atoms with E-state index in [1.807, 2.05) is 32.9 Å². The molecule has 0 spiro atoms. The van der Waals surface area contributed by atoms with Crippen molar-refractivity contribution in [1.82, 2.24) is 5.32 Å². The summed E-state index contributed by atoms with van der Waals surface area (Å²) in [5, 5.41) is 3.16. The second-order valence-electron chi connectivity index (χ2n) is 6.12. The minimum Gasteiger partial charge on any atom is -0.345 e. The second-order valence-corrected chi connectivity index (χ2v) is 8.28. The maximum absolute atomic E-state index is 12.6. The lowest BCUT2D eigenvalue weighted by atomic mass is 10.00. The van der Waals surface area contributed by atoms with Crippen molar-refractivity contribution in [2.45, 2.75) is 26.8 Å². The molecule has 0 fully saturated rings. The van der Waals surface area contributed by atoms with E-state index in [4.69, 9.17) is 11.6 Å². The maximum atomic E-state index is 12.6. The molecule has 1 amide bonds. The Labute approximate surface area is 153 Å². The summed E-state index contributed by atoms with van der Waals surface area (Å²) in [7, 11) is -3.43. The number of benzene rings is 2. The van der Waals surface area contributed by atoms with E-state index in [9.17, 15) is 13.2 Å². The Hall–Kier alpha value is -2.05. The summed E-state index contributed by atoms with van der Waals surface area (Å²) in [6.45, 7) is 5.90. The van der Waals surface area contributed by atoms with E-state index in [0.29, 0.717) is 0 Å². The van der Waals surface area contributed by atoms with Crippen molar-refractivity contribution >= 4 is 33.2 Å². The van der Waals surface area contributed by atoms with Crippen molar-refractivity contribution in [2.24, 2.45) is 0 Å². The van der Waals surface area contributed by atoms with Crippen molar-refractivity contribution in [3.8, 4) is 0 Å². The van der Waals surface area contributed by atoms with Crippen molar-refractivity contribution in [3.63, 3.8) is 0 Å². The van der Waals surface area contributed by atoms with Gasteiger partial charge >= 0.3 is 0 Å². The van der Waals surface area contributed by atoms with Gasteiger partial charge in [-0.1, -0.05) is 35.4 Å². The van der Waals surface area contributed by atoms with Crippen molar-refractivity contribution in [3.05, 3.63) is 63.7 Å². The van der Waals surface area contributed by atoms with Gasteiger partial charge < -0.3 is 5.32 Å². The fraction of sp³-hybridized carbons (Fsp3) is 0.278. The standard InChI is InChI=1S/C18H21ClN2O3S/c1-11-5-7-15(12(2)9-11)13(3)20-18(22)16-10-14(6-8-17(16)19)21-25(4,23)24/h5-10,13,21H,1-4H3,(H,20,22). The summed E-state index contributed by atoms with van der Waals surface area (Å²) >= 11 is 6.11. The van der Waals surface area contributed by atoms with E-state index in [-0.39, 0.29) is 28.2 Å². The summed E-state index contributed by atoms with van der Waals surface area (Å²) in [4.78, 5) is 12.6. The van der Waals surface area contributed by atoms with E-state index in [1.165, 1.54) is 18.2 Å². The van der Waals surface area contributed by atoms with Gasteiger partial charge in [-0.25, -0.2) is 8.42 Å². The number of rotatable bonds is 5. The van der Waals surface area contributed by atoms with Crippen LogP contribution in [0.25, 0.3) is 0 Å². The molecule has 0 bridgehead atoms. The fourth-order valence-corrected chi connectivity index (χ4v) is 3.40. The second kappa shape index (κ2) is 7.45. The number of hydrogen-bond acceptors (Lipinski definition) is 3. The Kier molecular flexibility index (Phi) is 5.75. The first-order chi connectivity index (χ1) is 11.6. The molecule has 1 unspecified atom stereocenters. The number of anilines is 1. The zero-order valence-corrected chi connectivity index (χ0v) is 16.1. The molecule has 2 aromatic carbocycles. The average Bonchev–Trinajstić information content (AvgIpc) is 2.47. The molecule has 0 saturated carbocycles. The molecule has 0 aliphatic heterocycles. The van der Waals surface area contributed by atoms with Crippen LogP contribution in [0.3, 0.4) is 0 Å². The lowest BCUT2D eigenvalue weighted by Crippen LogP contribution is -2.27. The van der Waals surface area contributed by atoms with Gasteiger partial charge in [-0.05, 0) is 50.1 Å². The van der Waals surface area contributed by atoms with Crippen molar-refractivity contribution < 1.29 is 13.2 Å². The van der Waals surface area contributed by atoms with Gasteiger partial charge in [0.15, 0.2) is 0 Å². The number of nitrogens with one attached hydrogen (secondary N) is 2. The predicted octanol–water partition coefficient (Wildman–Crippen LogP) is 3.82. The average molecular weight is 381 g/mol. The molecule has 2 N–H and O–H groups in total. The number of aryl methyl sites for hydroxylation is 2. The summed E-state index contributed by atoms with van der Waals surface area (Å²) < 4.78 is 25.0. The highest BCUT2D eigenvalue weighted by molar-refractivity contribution is 7.92. The van der Waals surface area contributed by atoms with E-state index < -0.39 is 10.0 Å². The third-order valence-electron chi connectivity index (χ3n) is 3.75. The normalized spacial score (nSPS) is 12.5. The quantitative estimate of drug-likeness (QED) is 0.827. The summed E-state index contributed by atoms with van der Waals surface area (Å²) in [6, 6.07) is 10.2. The van der Waals surface area contributed by atoms with Crippen molar-refractivity contribution in [1.29, 1.82) is 0 Å². The van der Waals surface area contributed by atoms with Crippen LogP contribution < -0.4 is 10.0 Å². The molecule has 0 aliphatic rings. The topological polar surface area (TPSA) is 75.3 Å².